The van der Waals surface area contributed by atoms with Gasteiger partial charge < -0.3 is 10.1 Å². The van der Waals surface area contributed by atoms with E-state index in [1.165, 1.54) is 18.2 Å². The van der Waals surface area contributed by atoms with Crippen LogP contribution < -0.4 is 10.1 Å². The maximum atomic E-state index is 12.1. The predicted octanol–water partition coefficient (Wildman–Crippen LogP) is 5.11. The molecule has 0 atom stereocenters. The number of halogens is 1. The highest BCUT2D eigenvalue weighted by molar-refractivity contribution is 9.10. The van der Waals surface area contributed by atoms with Crippen molar-refractivity contribution in [2.45, 2.75) is 20.3 Å². The summed E-state index contributed by atoms with van der Waals surface area (Å²) in [6, 6.07) is 10.2. The number of amides is 1. The molecule has 0 unspecified atom stereocenters. The molecular formula is C19H19BrN2O4. The number of nitro benzene ring substituents is 1. The number of aryl methyl sites for hydroxylation is 1. The molecule has 7 heteroatoms. The second kappa shape index (κ2) is 9.15. The largest absolute Gasteiger partial charge is 0.487 e. The molecule has 0 bridgehead atoms. The van der Waals surface area contributed by atoms with Crippen LogP contribution in [0.1, 0.15) is 24.5 Å². The molecule has 2 aromatic carbocycles. The average Bonchev–Trinajstić information content (AvgIpc) is 2.60. The van der Waals surface area contributed by atoms with Crippen molar-refractivity contribution in [2.24, 2.45) is 0 Å². The Morgan fingerprint density at radius 2 is 2.08 bits per heavy atom. The number of nitro groups is 1. The zero-order valence-electron chi connectivity index (χ0n) is 14.5. The second-order valence-electron chi connectivity index (χ2n) is 5.64. The van der Waals surface area contributed by atoms with E-state index in [2.05, 4.69) is 21.2 Å². The van der Waals surface area contributed by atoms with Crippen molar-refractivity contribution in [3.8, 4) is 5.75 Å². The molecule has 2 rings (SSSR count). The van der Waals surface area contributed by atoms with Gasteiger partial charge in [0.1, 0.15) is 0 Å². The lowest BCUT2D eigenvalue weighted by Gasteiger charge is -2.06. The van der Waals surface area contributed by atoms with Gasteiger partial charge >= 0.3 is 5.69 Å². The molecule has 0 fully saturated rings. The van der Waals surface area contributed by atoms with E-state index in [1.807, 2.05) is 26.0 Å². The van der Waals surface area contributed by atoms with Gasteiger partial charge in [-0.3, -0.25) is 14.9 Å². The topological polar surface area (TPSA) is 81.5 Å². The van der Waals surface area contributed by atoms with Crippen LogP contribution in [0.25, 0.3) is 6.08 Å². The number of hydrogen-bond donors (Lipinski definition) is 1. The smallest absolute Gasteiger partial charge is 0.311 e. The number of ether oxygens (including phenoxy) is 1. The van der Waals surface area contributed by atoms with E-state index >= 15 is 0 Å². The number of nitrogens with zero attached hydrogens (tertiary/aromatic N) is 1. The van der Waals surface area contributed by atoms with Crippen LogP contribution in [-0.2, 0) is 4.79 Å². The highest BCUT2D eigenvalue weighted by atomic mass is 79.9. The van der Waals surface area contributed by atoms with Crippen molar-refractivity contribution in [2.75, 3.05) is 11.9 Å². The van der Waals surface area contributed by atoms with Gasteiger partial charge in [0.2, 0.25) is 5.91 Å². The number of rotatable bonds is 7. The van der Waals surface area contributed by atoms with Crippen molar-refractivity contribution >= 4 is 39.3 Å². The summed E-state index contributed by atoms with van der Waals surface area (Å²) < 4.78 is 6.16. The Morgan fingerprint density at radius 3 is 2.73 bits per heavy atom. The third-order valence-electron chi connectivity index (χ3n) is 3.45. The third-order valence-corrected chi connectivity index (χ3v) is 4.11. The molecule has 6 nitrogen and oxygen atoms in total. The molecule has 0 saturated carbocycles. The van der Waals surface area contributed by atoms with Crippen LogP contribution in [0.4, 0.5) is 11.4 Å². The van der Waals surface area contributed by atoms with Crippen molar-refractivity contribution in [3.63, 3.8) is 0 Å². The second-order valence-corrected chi connectivity index (χ2v) is 6.49. The molecule has 136 valence electrons. The van der Waals surface area contributed by atoms with E-state index in [1.54, 1.807) is 18.2 Å². The van der Waals surface area contributed by atoms with Crippen LogP contribution in [0.3, 0.4) is 0 Å². The first-order chi connectivity index (χ1) is 12.4. The first kappa shape index (κ1) is 19.7. The van der Waals surface area contributed by atoms with Gasteiger partial charge in [-0.2, -0.15) is 0 Å². The van der Waals surface area contributed by atoms with Crippen LogP contribution in [0.2, 0.25) is 0 Å². The molecule has 0 aliphatic carbocycles. The Hall–Kier alpha value is -2.67. The highest BCUT2D eigenvalue weighted by Gasteiger charge is 2.15. The van der Waals surface area contributed by atoms with Crippen LogP contribution in [0, 0.1) is 17.0 Å². The van der Waals surface area contributed by atoms with E-state index in [9.17, 15) is 14.9 Å². The molecule has 0 aliphatic rings. The van der Waals surface area contributed by atoms with E-state index in [0.29, 0.717) is 17.9 Å². The van der Waals surface area contributed by atoms with Gasteiger partial charge in [-0.15, -0.1) is 0 Å². The molecule has 1 amide bonds. The summed E-state index contributed by atoms with van der Waals surface area (Å²) in [5, 5.41) is 14.0. The van der Waals surface area contributed by atoms with Crippen LogP contribution in [0.15, 0.2) is 46.9 Å². The molecule has 0 radical (unpaired) electrons. The number of carbonyl (C=O) groups is 1. The summed E-state index contributed by atoms with van der Waals surface area (Å²) in [4.78, 5) is 22.8. The minimum absolute atomic E-state index is 0.123. The Morgan fingerprint density at radius 1 is 1.31 bits per heavy atom. The highest BCUT2D eigenvalue weighted by Crippen LogP contribution is 2.28. The van der Waals surface area contributed by atoms with Crippen molar-refractivity contribution < 1.29 is 14.5 Å². The summed E-state index contributed by atoms with van der Waals surface area (Å²) in [7, 11) is 0. The fourth-order valence-electron chi connectivity index (χ4n) is 2.18. The molecule has 0 aliphatic heterocycles. The van der Waals surface area contributed by atoms with E-state index < -0.39 is 4.92 Å². The monoisotopic (exact) mass is 418 g/mol. The van der Waals surface area contributed by atoms with Crippen LogP contribution in [-0.4, -0.2) is 17.4 Å². The van der Waals surface area contributed by atoms with Gasteiger partial charge in [0.05, 0.1) is 17.2 Å². The summed E-state index contributed by atoms with van der Waals surface area (Å²) in [5.41, 5.74) is 2.14. The van der Waals surface area contributed by atoms with Gasteiger partial charge in [0.15, 0.2) is 5.75 Å². The first-order valence-corrected chi connectivity index (χ1v) is 8.86. The number of nitrogens with one attached hydrogen (secondary N) is 1. The van der Waals surface area contributed by atoms with E-state index in [-0.39, 0.29) is 17.3 Å². The fourth-order valence-corrected chi connectivity index (χ4v) is 2.78. The first-order valence-electron chi connectivity index (χ1n) is 8.07. The lowest BCUT2D eigenvalue weighted by atomic mass is 10.1. The average molecular weight is 419 g/mol. The van der Waals surface area contributed by atoms with Gasteiger partial charge in [-0.05, 0) is 64.7 Å². The van der Waals surface area contributed by atoms with Gasteiger partial charge in [0, 0.05) is 16.6 Å². The molecule has 0 spiro atoms. The summed E-state index contributed by atoms with van der Waals surface area (Å²) in [6.45, 7) is 4.29. The molecule has 1 N–H and O–H groups in total. The van der Waals surface area contributed by atoms with E-state index in [0.717, 1.165) is 16.5 Å². The van der Waals surface area contributed by atoms with E-state index in [4.69, 9.17) is 4.74 Å². The molecule has 0 aromatic heterocycles. The van der Waals surface area contributed by atoms with Crippen molar-refractivity contribution in [3.05, 3.63) is 68.2 Å². The van der Waals surface area contributed by atoms with Gasteiger partial charge in [-0.1, -0.05) is 19.1 Å². The fraction of sp³-hybridized carbons (Fsp3) is 0.211. The lowest BCUT2D eigenvalue weighted by Crippen LogP contribution is -2.08. The molecule has 2 aromatic rings. The van der Waals surface area contributed by atoms with Crippen molar-refractivity contribution in [1.29, 1.82) is 0 Å². The lowest BCUT2D eigenvalue weighted by molar-refractivity contribution is -0.385. The molecule has 0 heterocycles. The number of hydrogen-bond acceptors (Lipinski definition) is 4. The summed E-state index contributed by atoms with van der Waals surface area (Å²) in [5.74, 6) is -0.106. The maximum absolute atomic E-state index is 12.1. The zero-order chi connectivity index (χ0) is 19.1. The predicted molar refractivity (Wildman–Crippen MR) is 105 cm³/mol. The van der Waals surface area contributed by atoms with Gasteiger partial charge in [-0.25, -0.2) is 0 Å². The summed E-state index contributed by atoms with van der Waals surface area (Å²) >= 11 is 3.40. The number of carbonyl (C=O) groups excluding carboxylic acids is 1. The normalized spacial score (nSPS) is 10.7. The number of benzene rings is 2. The maximum Gasteiger partial charge on any atom is 0.311 e. The SMILES string of the molecule is CCCOc1ccc(/C=C/C(=O)Nc2ccc(C)cc2Br)cc1[N+](=O)[O-]. The summed E-state index contributed by atoms with van der Waals surface area (Å²) in [6.07, 6.45) is 3.61. The van der Waals surface area contributed by atoms with Crippen LogP contribution >= 0.6 is 15.9 Å². The standard InChI is InChI=1S/C19H19BrN2O4/c1-3-10-26-18-8-5-14(12-17(18)22(24)25)6-9-19(23)21-16-7-4-13(2)11-15(16)20/h4-9,11-12H,3,10H2,1-2H3,(H,21,23)/b9-6+. The quantitative estimate of drug-likeness (QED) is 0.384. The Bertz CT molecular complexity index is 849. The number of anilines is 1. The molecular weight excluding hydrogens is 400 g/mol. The van der Waals surface area contributed by atoms with Crippen molar-refractivity contribution in [1.82, 2.24) is 0 Å². The third kappa shape index (κ3) is 5.42. The zero-order valence-corrected chi connectivity index (χ0v) is 16.1. The minimum atomic E-state index is -0.494. The van der Waals surface area contributed by atoms with Gasteiger partial charge in [0.25, 0.3) is 0 Å². The Kier molecular flexibility index (Phi) is 6.91. The Balaban J connectivity index is 2.12. The molecule has 0 saturated heterocycles. The minimum Gasteiger partial charge on any atom is -0.487 e. The van der Waals surface area contributed by atoms with Crippen LogP contribution in [0.5, 0.6) is 5.75 Å². The Labute approximate surface area is 160 Å². The molecule has 26 heavy (non-hydrogen) atoms.